The molecule has 1 aromatic heterocycles. The highest BCUT2D eigenvalue weighted by atomic mass is 35.5. The van der Waals surface area contributed by atoms with Crippen LogP contribution < -0.4 is 9.62 Å². The lowest BCUT2D eigenvalue weighted by atomic mass is 9.76. The molecule has 4 aromatic carbocycles. The number of fused-ring (bicyclic) bond motifs is 5. The number of amides is 1. The van der Waals surface area contributed by atoms with Gasteiger partial charge in [0, 0.05) is 21.7 Å². The van der Waals surface area contributed by atoms with Crippen LogP contribution in [-0.2, 0) is 20.4 Å². The fraction of sp³-hybridized carbons (Fsp3) is 0.100. The first-order valence-corrected chi connectivity index (χ1v) is 14.0. The Labute approximate surface area is 224 Å². The molecule has 2 aliphatic rings. The summed E-state index contributed by atoms with van der Waals surface area (Å²) in [4.78, 5) is 14.4. The molecule has 8 heteroatoms. The first-order chi connectivity index (χ1) is 18.3. The van der Waals surface area contributed by atoms with Gasteiger partial charge in [-0.05, 0) is 55.0 Å². The van der Waals surface area contributed by atoms with Crippen molar-refractivity contribution in [3.05, 3.63) is 125 Å². The average molecular weight is 541 g/mol. The van der Waals surface area contributed by atoms with E-state index in [2.05, 4.69) is 5.32 Å². The SMILES string of the molecule is Cc1ccc(S(=O)(=O)N2c3c(oc4ccccc34)C(c3ccccc3)C23C(=O)Nc2ccc(Cl)cc23)cc1. The largest absolute Gasteiger partial charge is 0.458 e. The van der Waals surface area contributed by atoms with Gasteiger partial charge in [-0.2, -0.15) is 0 Å². The molecular formula is C30H21ClN2O4S. The summed E-state index contributed by atoms with van der Waals surface area (Å²) in [6.07, 6.45) is 0. The number of hydrogen-bond acceptors (Lipinski definition) is 4. The molecule has 38 heavy (non-hydrogen) atoms. The predicted molar refractivity (Wildman–Crippen MR) is 147 cm³/mol. The Hall–Kier alpha value is -4.07. The molecule has 0 bridgehead atoms. The fourth-order valence-corrected chi connectivity index (χ4v) is 7.83. The van der Waals surface area contributed by atoms with Crippen molar-refractivity contribution in [2.45, 2.75) is 23.3 Å². The van der Waals surface area contributed by atoms with E-state index in [4.69, 9.17) is 16.0 Å². The summed E-state index contributed by atoms with van der Waals surface area (Å²) in [7, 11) is -4.28. The van der Waals surface area contributed by atoms with E-state index in [0.29, 0.717) is 38.7 Å². The van der Waals surface area contributed by atoms with Crippen molar-refractivity contribution >= 4 is 49.9 Å². The van der Waals surface area contributed by atoms with Gasteiger partial charge in [0.2, 0.25) is 0 Å². The zero-order valence-electron chi connectivity index (χ0n) is 20.2. The Morgan fingerprint density at radius 3 is 2.39 bits per heavy atom. The standard InChI is InChI=1S/C30H21ClN2O4S/c1-18-11-14-21(15-12-18)38(35,36)33-27-22-9-5-6-10-25(22)37-28(27)26(19-7-3-2-4-8-19)30(33)23-17-20(31)13-16-24(23)32-29(30)34/h2-17,26H,1H3,(H,32,34). The van der Waals surface area contributed by atoms with Crippen LogP contribution >= 0.6 is 11.6 Å². The van der Waals surface area contributed by atoms with E-state index in [1.54, 1.807) is 48.5 Å². The van der Waals surface area contributed by atoms with Gasteiger partial charge in [0.25, 0.3) is 15.9 Å². The summed E-state index contributed by atoms with van der Waals surface area (Å²) in [6.45, 7) is 1.89. The van der Waals surface area contributed by atoms with Gasteiger partial charge in [0.05, 0.1) is 10.8 Å². The van der Waals surface area contributed by atoms with Crippen molar-refractivity contribution in [3.63, 3.8) is 0 Å². The van der Waals surface area contributed by atoms with E-state index in [0.717, 1.165) is 11.1 Å². The van der Waals surface area contributed by atoms with E-state index in [1.807, 2.05) is 55.5 Å². The number of carbonyl (C=O) groups excluding carboxylic acids is 1. The molecule has 2 aliphatic heterocycles. The number of carbonyl (C=O) groups is 1. The number of furan rings is 1. The smallest absolute Gasteiger partial charge is 0.265 e. The zero-order chi connectivity index (χ0) is 26.2. The van der Waals surface area contributed by atoms with Crippen LogP contribution in [0, 0.1) is 6.92 Å². The summed E-state index contributed by atoms with van der Waals surface area (Å²) < 4.78 is 37.1. The number of hydrogen-bond donors (Lipinski definition) is 1. The third kappa shape index (κ3) is 2.94. The van der Waals surface area contributed by atoms with Crippen LogP contribution in [0.5, 0.6) is 0 Å². The van der Waals surface area contributed by atoms with Crippen LogP contribution in [0.2, 0.25) is 5.02 Å². The maximum Gasteiger partial charge on any atom is 0.265 e. The normalized spacial score (nSPS) is 20.1. The number of halogens is 1. The number of aryl methyl sites for hydroxylation is 1. The number of sulfonamides is 1. The lowest BCUT2D eigenvalue weighted by Crippen LogP contribution is -2.54. The third-order valence-corrected chi connectivity index (χ3v) is 9.53. The lowest BCUT2D eigenvalue weighted by Gasteiger charge is -2.38. The Bertz CT molecular complexity index is 1870. The van der Waals surface area contributed by atoms with E-state index in [-0.39, 0.29) is 4.90 Å². The van der Waals surface area contributed by atoms with Crippen LogP contribution in [0.15, 0.2) is 106 Å². The van der Waals surface area contributed by atoms with E-state index >= 15 is 0 Å². The van der Waals surface area contributed by atoms with Gasteiger partial charge in [-0.3, -0.25) is 4.79 Å². The Morgan fingerprint density at radius 2 is 1.63 bits per heavy atom. The molecule has 0 saturated carbocycles. The molecule has 7 rings (SSSR count). The summed E-state index contributed by atoms with van der Waals surface area (Å²) in [5.74, 6) is -0.822. The van der Waals surface area contributed by atoms with E-state index in [9.17, 15) is 13.2 Å². The predicted octanol–water partition coefficient (Wildman–Crippen LogP) is 6.58. The topological polar surface area (TPSA) is 79.6 Å². The molecule has 0 fully saturated rings. The van der Waals surface area contributed by atoms with Gasteiger partial charge in [0.1, 0.15) is 17.0 Å². The van der Waals surface area contributed by atoms with Crippen molar-refractivity contribution in [2.75, 3.05) is 9.62 Å². The molecule has 0 aliphatic carbocycles. The van der Waals surface area contributed by atoms with Crippen molar-refractivity contribution in [1.82, 2.24) is 0 Å². The molecule has 1 N–H and O–H groups in total. The average Bonchev–Trinajstić information content (AvgIpc) is 3.52. The molecule has 0 saturated heterocycles. The minimum absolute atomic E-state index is 0.0793. The lowest BCUT2D eigenvalue weighted by molar-refractivity contribution is -0.120. The Kier molecular flexibility index (Phi) is 4.84. The number of rotatable bonds is 3. The van der Waals surface area contributed by atoms with Crippen LogP contribution in [0.1, 0.15) is 28.4 Å². The minimum Gasteiger partial charge on any atom is -0.458 e. The van der Waals surface area contributed by atoms with Crippen LogP contribution in [0.3, 0.4) is 0 Å². The highest BCUT2D eigenvalue weighted by molar-refractivity contribution is 7.93. The molecule has 188 valence electrons. The molecule has 2 unspecified atom stereocenters. The molecular weight excluding hydrogens is 520 g/mol. The molecule has 3 heterocycles. The molecule has 2 atom stereocenters. The monoisotopic (exact) mass is 540 g/mol. The summed E-state index contributed by atoms with van der Waals surface area (Å²) in [5.41, 5.74) is 1.86. The molecule has 6 nitrogen and oxygen atoms in total. The van der Waals surface area contributed by atoms with Gasteiger partial charge in [-0.15, -0.1) is 0 Å². The van der Waals surface area contributed by atoms with Crippen molar-refractivity contribution in [3.8, 4) is 0 Å². The van der Waals surface area contributed by atoms with Crippen molar-refractivity contribution in [2.24, 2.45) is 0 Å². The minimum atomic E-state index is -4.28. The zero-order valence-corrected chi connectivity index (χ0v) is 21.8. The van der Waals surface area contributed by atoms with E-state index in [1.165, 1.54) is 4.31 Å². The van der Waals surface area contributed by atoms with Crippen LogP contribution in [-0.4, -0.2) is 14.3 Å². The van der Waals surface area contributed by atoms with Crippen LogP contribution in [0.4, 0.5) is 11.4 Å². The molecule has 1 spiro atoms. The fourth-order valence-electron chi connectivity index (χ4n) is 5.87. The molecule has 1 amide bonds. The number of nitrogens with one attached hydrogen (secondary N) is 1. The third-order valence-electron chi connectivity index (χ3n) is 7.48. The first kappa shape index (κ1) is 23.1. The Morgan fingerprint density at radius 1 is 0.921 bits per heavy atom. The number of nitrogens with zero attached hydrogens (tertiary/aromatic N) is 1. The van der Waals surface area contributed by atoms with Gasteiger partial charge in [0.15, 0.2) is 5.54 Å². The second-order valence-corrected chi connectivity index (χ2v) is 11.9. The number of para-hydroxylation sites is 1. The molecule has 0 radical (unpaired) electrons. The van der Waals surface area contributed by atoms with Crippen molar-refractivity contribution < 1.29 is 17.6 Å². The first-order valence-electron chi connectivity index (χ1n) is 12.1. The number of benzene rings is 4. The summed E-state index contributed by atoms with van der Waals surface area (Å²) in [5, 5.41) is 3.95. The molecule has 5 aromatic rings. The second kappa shape index (κ2) is 7.96. The quantitative estimate of drug-likeness (QED) is 0.280. The maximum absolute atomic E-state index is 14.7. The van der Waals surface area contributed by atoms with Crippen LogP contribution in [0.25, 0.3) is 11.0 Å². The van der Waals surface area contributed by atoms with Gasteiger partial charge in [-0.25, -0.2) is 12.7 Å². The Balaban J connectivity index is 1.65. The summed E-state index contributed by atoms with van der Waals surface area (Å²) in [6, 6.07) is 28.4. The highest BCUT2D eigenvalue weighted by Gasteiger charge is 2.67. The second-order valence-electron chi connectivity index (χ2n) is 9.65. The van der Waals surface area contributed by atoms with Crippen molar-refractivity contribution in [1.29, 1.82) is 0 Å². The summed E-state index contributed by atoms with van der Waals surface area (Å²) >= 11 is 6.47. The van der Waals surface area contributed by atoms with E-state index < -0.39 is 27.4 Å². The highest BCUT2D eigenvalue weighted by Crippen LogP contribution is 2.64. The van der Waals surface area contributed by atoms with Gasteiger partial charge >= 0.3 is 0 Å². The number of anilines is 2. The maximum atomic E-state index is 14.7. The van der Waals surface area contributed by atoms with Gasteiger partial charge in [-0.1, -0.05) is 71.8 Å². The van der Waals surface area contributed by atoms with Gasteiger partial charge < -0.3 is 9.73 Å².